The first-order valence-corrected chi connectivity index (χ1v) is 9.18. The van der Waals surface area contributed by atoms with Gasteiger partial charge in [-0.15, -0.1) is 0 Å². The van der Waals surface area contributed by atoms with E-state index in [4.69, 9.17) is 9.47 Å². The Morgan fingerprint density at radius 2 is 1.70 bits per heavy atom. The third-order valence-corrected chi connectivity index (χ3v) is 4.52. The smallest absolute Gasteiger partial charge is 0.260 e. The zero-order valence-corrected chi connectivity index (χ0v) is 16.7. The van der Waals surface area contributed by atoms with Gasteiger partial charge in [-0.05, 0) is 54.7 Å². The van der Waals surface area contributed by atoms with Gasteiger partial charge in [0.2, 0.25) is 0 Å². The average Bonchev–Trinajstić information content (AvgIpc) is 2.67. The Hall–Kier alpha value is -2.53. The minimum Gasteiger partial charge on any atom is -0.497 e. The number of nitrogens with one attached hydrogen (secondary N) is 1. The van der Waals surface area contributed by atoms with E-state index in [9.17, 15) is 9.90 Å². The van der Waals surface area contributed by atoms with Crippen molar-refractivity contribution in [2.45, 2.75) is 45.8 Å². The predicted octanol–water partition coefficient (Wildman–Crippen LogP) is 3.74. The molecule has 0 saturated heterocycles. The standard InChI is InChI=1S/C22H29NO4/c1-14(2)18-7-6-15(3)21(12-18)27-16(4)22(25)23-13-20(24)17-8-10-19(26-5)11-9-17/h6-12,14,16,20,24H,13H2,1-5H3,(H,23,25). The Morgan fingerprint density at radius 3 is 2.30 bits per heavy atom. The Bertz CT molecular complexity index is 755. The molecule has 2 aromatic rings. The van der Waals surface area contributed by atoms with Crippen LogP contribution in [0, 0.1) is 6.92 Å². The van der Waals surface area contributed by atoms with Gasteiger partial charge in [0, 0.05) is 6.54 Å². The van der Waals surface area contributed by atoms with Gasteiger partial charge in [0.1, 0.15) is 11.5 Å². The van der Waals surface area contributed by atoms with Crippen molar-refractivity contribution in [3.8, 4) is 11.5 Å². The predicted molar refractivity (Wildman–Crippen MR) is 106 cm³/mol. The number of aliphatic hydroxyl groups is 1. The molecule has 5 nitrogen and oxygen atoms in total. The third-order valence-electron chi connectivity index (χ3n) is 4.52. The van der Waals surface area contributed by atoms with E-state index >= 15 is 0 Å². The molecule has 0 aliphatic heterocycles. The molecule has 2 unspecified atom stereocenters. The van der Waals surface area contributed by atoms with Gasteiger partial charge in [0.25, 0.3) is 5.91 Å². The van der Waals surface area contributed by atoms with Crippen molar-refractivity contribution in [2.75, 3.05) is 13.7 Å². The Morgan fingerprint density at radius 1 is 1.07 bits per heavy atom. The molecule has 5 heteroatoms. The van der Waals surface area contributed by atoms with Crippen LogP contribution in [0.1, 0.15) is 49.5 Å². The van der Waals surface area contributed by atoms with Crippen LogP contribution >= 0.6 is 0 Å². The maximum atomic E-state index is 12.3. The van der Waals surface area contributed by atoms with Crippen LogP contribution in [-0.4, -0.2) is 30.8 Å². The topological polar surface area (TPSA) is 67.8 Å². The highest BCUT2D eigenvalue weighted by Crippen LogP contribution is 2.25. The molecule has 0 aliphatic rings. The third kappa shape index (κ3) is 5.73. The van der Waals surface area contributed by atoms with Crippen LogP contribution in [0.25, 0.3) is 0 Å². The number of carbonyl (C=O) groups is 1. The summed E-state index contributed by atoms with van der Waals surface area (Å²) in [6, 6.07) is 13.2. The summed E-state index contributed by atoms with van der Waals surface area (Å²) in [6.07, 6.45) is -1.45. The fraction of sp³-hybridized carbons (Fsp3) is 0.409. The van der Waals surface area contributed by atoms with Crippen molar-refractivity contribution < 1.29 is 19.4 Å². The van der Waals surface area contributed by atoms with Gasteiger partial charge in [-0.1, -0.05) is 38.1 Å². The van der Waals surface area contributed by atoms with Gasteiger partial charge in [-0.3, -0.25) is 4.79 Å². The van der Waals surface area contributed by atoms with Gasteiger partial charge in [0.05, 0.1) is 13.2 Å². The first kappa shape index (κ1) is 20.8. The second-order valence-electron chi connectivity index (χ2n) is 6.97. The van der Waals surface area contributed by atoms with E-state index in [1.165, 1.54) is 0 Å². The van der Waals surface area contributed by atoms with Crippen molar-refractivity contribution in [3.05, 3.63) is 59.2 Å². The Balaban J connectivity index is 1.92. The fourth-order valence-corrected chi connectivity index (χ4v) is 2.63. The molecule has 0 saturated carbocycles. The number of carbonyl (C=O) groups excluding carboxylic acids is 1. The normalized spacial score (nSPS) is 13.1. The summed E-state index contributed by atoms with van der Waals surface area (Å²) in [4.78, 5) is 12.3. The van der Waals surface area contributed by atoms with Gasteiger partial charge >= 0.3 is 0 Å². The highest BCUT2D eigenvalue weighted by atomic mass is 16.5. The Labute approximate surface area is 161 Å². The van der Waals surface area contributed by atoms with E-state index in [1.54, 1.807) is 38.3 Å². The van der Waals surface area contributed by atoms with Crippen LogP contribution in [0.3, 0.4) is 0 Å². The fourth-order valence-electron chi connectivity index (χ4n) is 2.63. The molecule has 0 aromatic heterocycles. The highest BCUT2D eigenvalue weighted by Gasteiger charge is 2.18. The number of benzene rings is 2. The summed E-state index contributed by atoms with van der Waals surface area (Å²) in [6.45, 7) is 8.01. The summed E-state index contributed by atoms with van der Waals surface area (Å²) < 4.78 is 11.0. The van der Waals surface area contributed by atoms with Crippen molar-refractivity contribution >= 4 is 5.91 Å². The molecule has 0 aliphatic carbocycles. The van der Waals surface area contributed by atoms with Gasteiger partial charge in [-0.25, -0.2) is 0 Å². The minimum atomic E-state index is -0.793. The van der Waals surface area contributed by atoms with Crippen LogP contribution in [0.2, 0.25) is 0 Å². The van der Waals surface area contributed by atoms with Crippen LogP contribution in [0.15, 0.2) is 42.5 Å². The molecule has 146 valence electrons. The lowest BCUT2D eigenvalue weighted by molar-refractivity contribution is -0.127. The van der Waals surface area contributed by atoms with Gasteiger partial charge < -0.3 is 19.9 Å². The molecule has 1 amide bonds. The molecule has 0 radical (unpaired) electrons. The largest absolute Gasteiger partial charge is 0.497 e. The molecule has 0 bridgehead atoms. The minimum absolute atomic E-state index is 0.115. The number of rotatable bonds is 8. The van der Waals surface area contributed by atoms with Crippen molar-refractivity contribution in [1.29, 1.82) is 0 Å². The maximum Gasteiger partial charge on any atom is 0.260 e. The first-order chi connectivity index (χ1) is 12.8. The second kappa shape index (κ2) is 9.42. The molecule has 2 atom stereocenters. The summed E-state index contributed by atoms with van der Waals surface area (Å²) in [5.74, 6) is 1.55. The number of hydrogen-bond donors (Lipinski definition) is 2. The van der Waals surface area contributed by atoms with E-state index in [0.29, 0.717) is 17.2 Å². The summed E-state index contributed by atoms with van der Waals surface area (Å²) in [5.41, 5.74) is 2.86. The lowest BCUT2D eigenvalue weighted by Crippen LogP contribution is -2.38. The van der Waals surface area contributed by atoms with E-state index in [-0.39, 0.29) is 12.5 Å². The number of aryl methyl sites for hydroxylation is 1. The molecular formula is C22H29NO4. The Kier molecular flexibility index (Phi) is 7.25. The van der Waals surface area contributed by atoms with Crippen LogP contribution in [0.4, 0.5) is 0 Å². The molecule has 0 spiro atoms. The zero-order valence-electron chi connectivity index (χ0n) is 16.7. The van der Waals surface area contributed by atoms with E-state index < -0.39 is 12.2 Å². The number of hydrogen-bond acceptors (Lipinski definition) is 4. The number of amides is 1. The molecule has 27 heavy (non-hydrogen) atoms. The van der Waals surface area contributed by atoms with E-state index in [0.717, 1.165) is 16.9 Å². The summed E-state index contributed by atoms with van der Waals surface area (Å²) in [7, 11) is 1.59. The number of aliphatic hydroxyl groups excluding tert-OH is 1. The number of ether oxygens (including phenoxy) is 2. The lowest BCUT2D eigenvalue weighted by Gasteiger charge is -2.19. The molecule has 2 rings (SSSR count). The van der Waals surface area contributed by atoms with Gasteiger partial charge in [0.15, 0.2) is 6.10 Å². The van der Waals surface area contributed by atoms with Crippen LogP contribution < -0.4 is 14.8 Å². The van der Waals surface area contributed by atoms with Crippen LogP contribution in [-0.2, 0) is 4.79 Å². The molecule has 2 N–H and O–H groups in total. The lowest BCUT2D eigenvalue weighted by atomic mass is 10.0. The SMILES string of the molecule is COc1ccc(C(O)CNC(=O)C(C)Oc2cc(C(C)C)ccc2C)cc1. The average molecular weight is 371 g/mol. The van der Waals surface area contributed by atoms with Crippen molar-refractivity contribution in [2.24, 2.45) is 0 Å². The number of methoxy groups -OCH3 is 1. The monoisotopic (exact) mass is 371 g/mol. The van der Waals surface area contributed by atoms with E-state index in [2.05, 4.69) is 25.2 Å². The highest BCUT2D eigenvalue weighted by molar-refractivity contribution is 5.80. The maximum absolute atomic E-state index is 12.3. The van der Waals surface area contributed by atoms with Gasteiger partial charge in [-0.2, -0.15) is 0 Å². The molecule has 2 aromatic carbocycles. The second-order valence-corrected chi connectivity index (χ2v) is 6.97. The van der Waals surface area contributed by atoms with Crippen LogP contribution in [0.5, 0.6) is 11.5 Å². The zero-order chi connectivity index (χ0) is 20.0. The first-order valence-electron chi connectivity index (χ1n) is 9.18. The van der Waals surface area contributed by atoms with E-state index in [1.807, 2.05) is 19.1 Å². The quantitative estimate of drug-likeness (QED) is 0.742. The molecular weight excluding hydrogens is 342 g/mol. The molecule has 0 fully saturated rings. The summed E-state index contributed by atoms with van der Waals surface area (Å²) >= 11 is 0. The molecule has 0 heterocycles. The van der Waals surface area contributed by atoms with Crippen molar-refractivity contribution in [3.63, 3.8) is 0 Å². The summed E-state index contributed by atoms with van der Waals surface area (Å²) in [5, 5.41) is 13.0. The van der Waals surface area contributed by atoms with Crippen molar-refractivity contribution in [1.82, 2.24) is 5.32 Å².